The molecule has 4 nitrogen and oxygen atoms in total. The summed E-state index contributed by atoms with van der Waals surface area (Å²) < 4.78 is 0. The highest BCUT2D eigenvalue weighted by atomic mass is 32.2. The third kappa shape index (κ3) is 11.1. The van der Waals surface area contributed by atoms with Gasteiger partial charge in [0.2, 0.25) is 0 Å². The van der Waals surface area contributed by atoms with Crippen LogP contribution in [0.1, 0.15) is 159 Å². The quantitative estimate of drug-likeness (QED) is 0.0968. The van der Waals surface area contributed by atoms with Crippen molar-refractivity contribution in [1.29, 1.82) is 0 Å². The van der Waals surface area contributed by atoms with Gasteiger partial charge in [0.25, 0.3) is 0 Å². The van der Waals surface area contributed by atoms with Gasteiger partial charge in [0.15, 0.2) is 11.6 Å². The number of carbonyl (C=O) groups is 2. The number of carbonyl (C=O) groups excluding carboxylic acids is 2. The van der Waals surface area contributed by atoms with Crippen LogP contribution in [0.2, 0.25) is 0 Å². The maximum absolute atomic E-state index is 15.5. The van der Waals surface area contributed by atoms with Gasteiger partial charge < -0.3 is 5.11 Å². The number of hydrogen-bond donors (Lipinski definition) is 1. The third-order valence-corrected chi connectivity index (χ3v) is 18.0. The second-order valence-electron chi connectivity index (χ2n) is 20.0. The second-order valence-corrected chi connectivity index (χ2v) is 24.2. The van der Waals surface area contributed by atoms with Gasteiger partial charge in [0, 0.05) is 45.9 Å². The first-order chi connectivity index (χ1) is 33.4. The van der Waals surface area contributed by atoms with Crippen molar-refractivity contribution in [3.63, 3.8) is 0 Å². The van der Waals surface area contributed by atoms with E-state index in [1.807, 2.05) is 23.6 Å². The van der Waals surface area contributed by atoms with Crippen molar-refractivity contribution in [3.8, 4) is 27.4 Å². The van der Waals surface area contributed by atoms with Crippen molar-refractivity contribution >= 4 is 58.2 Å². The third-order valence-electron chi connectivity index (χ3n) is 13.9. The van der Waals surface area contributed by atoms with Crippen molar-refractivity contribution in [2.24, 2.45) is 5.92 Å². The van der Waals surface area contributed by atoms with Crippen LogP contribution in [-0.2, 0) is 11.8 Å². The summed E-state index contributed by atoms with van der Waals surface area (Å²) in [4.78, 5) is 40.8. The Labute approximate surface area is 426 Å². The summed E-state index contributed by atoms with van der Waals surface area (Å²) >= 11 is 5.87. The Bertz CT molecular complexity index is 2940. The molecule has 2 aliphatic rings. The topological polar surface area (TPSA) is 67.3 Å². The van der Waals surface area contributed by atoms with Gasteiger partial charge in [-0.05, 0) is 140 Å². The van der Waals surface area contributed by atoms with E-state index >= 15 is 9.59 Å². The minimum Gasteiger partial charge on any atom is -0.506 e. The van der Waals surface area contributed by atoms with Crippen molar-refractivity contribution in [3.05, 3.63) is 165 Å². The van der Waals surface area contributed by atoms with Crippen LogP contribution in [0, 0.1) is 12.8 Å². The van der Waals surface area contributed by atoms with Gasteiger partial charge in [-0.3, -0.25) is 9.59 Å². The lowest BCUT2D eigenvalue weighted by molar-refractivity contribution is 0.0970. The van der Waals surface area contributed by atoms with E-state index in [0.29, 0.717) is 42.3 Å². The lowest BCUT2D eigenvalue weighted by Crippen LogP contribution is -2.24. The predicted molar refractivity (Wildman–Crippen MR) is 291 cm³/mol. The summed E-state index contributed by atoms with van der Waals surface area (Å²) in [5, 5.41) is 15.0. The maximum Gasteiger partial charge on any atom is 0.199 e. The molecule has 1 aromatic heterocycles. The molecule has 1 N–H and O–H groups in total. The zero-order chi connectivity index (χ0) is 48.2. The van der Waals surface area contributed by atoms with Gasteiger partial charge in [-0.2, -0.15) is 0 Å². The molecule has 7 aromatic rings. The summed E-state index contributed by atoms with van der Waals surface area (Å²) in [5.74, 6) is 0.720. The first-order valence-corrected chi connectivity index (χ1v) is 28.2. The molecule has 6 aromatic carbocycles. The molecule has 1 fully saturated rings. The molecule has 1 saturated carbocycles. The average molecular weight is 986 g/mol. The van der Waals surface area contributed by atoms with E-state index in [1.165, 1.54) is 115 Å². The molecule has 0 spiro atoms. The van der Waals surface area contributed by atoms with Crippen molar-refractivity contribution < 1.29 is 14.7 Å². The highest BCUT2D eigenvalue weighted by molar-refractivity contribution is 8.00. The minimum atomic E-state index is -0.359. The molecule has 0 saturated heterocycles. The van der Waals surface area contributed by atoms with Crippen LogP contribution < -0.4 is 0 Å². The molecule has 9 rings (SSSR count). The zero-order valence-electron chi connectivity index (χ0n) is 40.8. The molecule has 0 amide bonds. The zero-order valence-corrected chi connectivity index (χ0v) is 44.1. The van der Waals surface area contributed by atoms with E-state index in [9.17, 15) is 5.11 Å². The number of phenolic OH excluding ortho intramolecular Hbond substituents is 1. The highest BCUT2D eigenvalue weighted by Crippen LogP contribution is 2.50. The predicted octanol–water partition coefficient (Wildman–Crippen LogP) is 18.2. The van der Waals surface area contributed by atoms with Crippen LogP contribution in [0.25, 0.3) is 21.7 Å². The number of aromatic nitrogens is 1. The van der Waals surface area contributed by atoms with Gasteiger partial charge >= 0.3 is 0 Å². The number of ketones is 2. The first-order valence-electron chi connectivity index (χ1n) is 24.9. The van der Waals surface area contributed by atoms with Crippen LogP contribution in [0.15, 0.2) is 150 Å². The van der Waals surface area contributed by atoms with Crippen LogP contribution in [0.5, 0.6) is 5.75 Å². The number of phenols is 1. The number of hydrogen-bond acceptors (Lipinski definition) is 8. The lowest BCUT2D eigenvalue weighted by atomic mass is 9.77. The largest absolute Gasteiger partial charge is 0.506 e. The summed E-state index contributed by atoms with van der Waals surface area (Å²) in [6.07, 6.45) is 13.6. The minimum absolute atomic E-state index is 0.0257. The molecule has 69 heavy (non-hydrogen) atoms. The summed E-state index contributed by atoms with van der Waals surface area (Å²) in [6, 6.07) is 40.1. The number of aromatic hydroxyl groups is 1. The van der Waals surface area contributed by atoms with Crippen LogP contribution in [0.4, 0.5) is 0 Å². The Kier molecular flexibility index (Phi) is 15.4. The van der Waals surface area contributed by atoms with Crippen molar-refractivity contribution in [2.75, 3.05) is 0 Å². The van der Waals surface area contributed by atoms with Crippen molar-refractivity contribution in [2.45, 2.75) is 153 Å². The molecule has 2 aliphatic carbocycles. The summed E-state index contributed by atoms with van der Waals surface area (Å²) in [6.45, 7) is 13.1. The Morgan fingerprint density at radius 1 is 0.623 bits per heavy atom. The number of unbranched alkanes of at least 4 members (excludes halogenated alkanes) is 3. The number of rotatable bonds is 16. The summed E-state index contributed by atoms with van der Waals surface area (Å²) in [7, 11) is 0. The number of fused-ring (bicyclic) bond motifs is 2. The Morgan fingerprint density at radius 2 is 1.14 bits per heavy atom. The average Bonchev–Trinajstić information content (AvgIpc) is 3.83. The van der Waals surface area contributed by atoms with Gasteiger partial charge in [0.1, 0.15) is 10.8 Å². The maximum atomic E-state index is 15.5. The molecule has 354 valence electrons. The van der Waals surface area contributed by atoms with Gasteiger partial charge in [-0.1, -0.05) is 168 Å². The van der Waals surface area contributed by atoms with Gasteiger partial charge in [0.05, 0.1) is 22.4 Å². The number of nitrogens with zero attached hydrogens (tertiary/aromatic N) is 1. The molecular formula is C61H63NO3S4. The van der Waals surface area contributed by atoms with Crippen LogP contribution >= 0.6 is 46.6 Å². The van der Waals surface area contributed by atoms with Crippen LogP contribution in [-0.4, -0.2) is 21.7 Å². The Balaban J connectivity index is 1.06. The number of thiazole rings is 1. The van der Waals surface area contributed by atoms with E-state index in [0.717, 1.165) is 56.7 Å². The summed E-state index contributed by atoms with van der Waals surface area (Å²) in [5.41, 5.74) is 8.48. The number of aryl methyl sites for hydroxylation is 2. The molecule has 0 radical (unpaired) electrons. The number of benzene rings is 6. The van der Waals surface area contributed by atoms with E-state index < -0.39 is 0 Å². The fraction of sp³-hybridized carbons (Fsp3) is 0.328. The highest BCUT2D eigenvalue weighted by Gasteiger charge is 2.40. The normalized spacial score (nSPS) is 15.9. The van der Waals surface area contributed by atoms with E-state index in [1.54, 1.807) is 0 Å². The van der Waals surface area contributed by atoms with E-state index in [-0.39, 0.29) is 33.9 Å². The first kappa shape index (κ1) is 49.1. The standard InChI is InChI=1S/C61H63NO3S4/c1-7-9-11-12-39-16-18-40(19-17-39)41-20-22-42(23-21-41)43-24-30-47(31-25-43)68-51-35-34-50(67-46-28-14-38(3)15-29-46)53-54(51)59(65)56-55(58(53)64)52(69-48-32-26-44(27-33-48)61(4,5)6)36-49(57(56)63)60-62-45(37-66-60)13-10-8-2/h14-15,20-37,39-40,63H,7-13,16-19H2,1-6H3. The van der Waals surface area contributed by atoms with E-state index in [2.05, 4.69) is 139 Å². The fourth-order valence-electron chi connectivity index (χ4n) is 9.82. The van der Waals surface area contributed by atoms with E-state index in [4.69, 9.17) is 4.98 Å². The SMILES string of the molecule is CCCCCC1CCC(c2ccc(-c3ccc(Sc4ccc(Sc5ccc(C)cc5)c5c4C(=O)c4c(O)c(-c6nc(CCCC)cs6)cc(Sc6ccc(C(C)(C)C)cc6)c4C5=O)cc3)cc2)CC1. The Morgan fingerprint density at radius 3 is 1.72 bits per heavy atom. The van der Waals surface area contributed by atoms with Crippen molar-refractivity contribution in [1.82, 2.24) is 4.98 Å². The molecule has 0 aliphatic heterocycles. The smallest absolute Gasteiger partial charge is 0.199 e. The Hall–Kier alpha value is -4.86. The molecule has 8 heteroatoms. The monoisotopic (exact) mass is 985 g/mol. The van der Waals surface area contributed by atoms with Gasteiger partial charge in [-0.25, -0.2) is 4.98 Å². The molecular weight excluding hydrogens is 923 g/mol. The lowest BCUT2D eigenvalue weighted by Gasteiger charge is -2.29. The second kappa shape index (κ2) is 21.6. The van der Waals surface area contributed by atoms with Gasteiger partial charge in [-0.15, -0.1) is 11.3 Å². The molecule has 0 unspecified atom stereocenters. The molecule has 0 bridgehead atoms. The molecule has 0 atom stereocenters. The molecule has 1 heterocycles. The fourth-order valence-corrected chi connectivity index (χ4v) is 13.6. The van der Waals surface area contributed by atoms with Crippen LogP contribution in [0.3, 0.4) is 0 Å².